The molecule has 1 fully saturated rings. The Morgan fingerprint density at radius 3 is 2.95 bits per heavy atom. The van der Waals surface area contributed by atoms with E-state index in [1.54, 1.807) is 0 Å². The fourth-order valence-electron chi connectivity index (χ4n) is 2.03. The van der Waals surface area contributed by atoms with Gasteiger partial charge in [-0.3, -0.25) is 14.9 Å². The Hall–Kier alpha value is -1.66. The smallest absolute Gasteiger partial charge is 0.271 e. The first-order valence-electron chi connectivity index (χ1n) is 6.03. The minimum atomic E-state index is -0.520. The molecule has 1 aromatic rings. The van der Waals surface area contributed by atoms with E-state index in [4.69, 9.17) is 11.6 Å². The van der Waals surface area contributed by atoms with Crippen LogP contribution in [0.4, 0.5) is 11.4 Å². The molecule has 0 aromatic heterocycles. The van der Waals surface area contributed by atoms with Crippen LogP contribution in [0.5, 0.6) is 0 Å². The number of carbonyl (C=O) groups excluding carboxylic acids is 1. The third-order valence-electron chi connectivity index (χ3n) is 3.09. The van der Waals surface area contributed by atoms with Crippen LogP contribution in [0.25, 0.3) is 0 Å². The number of piperidine rings is 1. The van der Waals surface area contributed by atoms with Crippen molar-refractivity contribution in [2.45, 2.75) is 12.8 Å². The molecule has 0 saturated carbocycles. The maximum Gasteiger partial charge on any atom is 0.271 e. The molecule has 2 N–H and O–H groups in total. The third kappa shape index (κ3) is 3.42. The third-order valence-corrected chi connectivity index (χ3v) is 3.42. The fourth-order valence-corrected chi connectivity index (χ4v) is 2.20. The van der Waals surface area contributed by atoms with E-state index >= 15 is 0 Å². The number of carbonyl (C=O) groups is 1. The second-order valence-electron chi connectivity index (χ2n) is 4.45. The molecule has 0 radical (unpaired) electrons. The Labute approximate surface area is 115 Å². The SMILES string of the molecule is O=C(Nc1cc([N+](=O)[O-])ccc1Cl)[C@H]1CCCNC1. The zero-order valence-corrected chi connectivity index (χ0v) is 10.9. The minimum Gasteiger partial charge on any atom is -0.324 e. The van der Waals surface area contributed by atoms with Crippen molar-refractivity contribution >= 4 is 28.9 Å². The lowest BCUT2D eigenvalue weighted by molar-refractivity contribution is -0.384. The van der Waals surface area contributed by atoms with Gasteiger partial charge in [0.05, 0.1) is 21.6 Å². The number of rotatable bonds is 3. The number of nitro groups is 1. The van der Waals surface area contributed by atoms with Crippen molar-refractivity contribution in [3.63, 3.8) is 0 Å². The summed E-state index contributed by atoms with van der Waals surface area (Å²) in [6.45, 7) is 1.54. The lowest BCUT2D eigenvalue weighted by Crippen LogP contribution is -2.37. The van der Waals surface area contributed by atoms with Gasteiger partial charge >= 0.3 is 0 Å². The molecular formula is C12H14ClN3O3. The van der Waals surface area contributed by atoms with E-state index in [-0.39, 0.29) is 23.2 Å². The molecule has 0 unspecified atom stereocenters. The number of benzene rings is 1. The summed E-state index contributed by atoms with van der Waals surface area (Å²) < 4.78 is 0. The fraction of sp³-hybridized carbons (Fsp3) is 0.417. The molecule has 0 aliphatic carbocycles. The predicted molar refractivity (Wildman–Crippen MR) is 72.3 cm³/mol. The van der Waals surface area contributed by atoms with Crippen LogP contribution >= 0.6 is 11.6 Å². The van der Waals surface area contributed by atoms with Crippen molar-refractivity contribution in [3.8, 4) is 0 Å². The minimum absolute atomic E-state index is 0.0959. The van der Waals surface area contributed by atoms with Gasteiger partial charge in [0.1, 0.15) is 0 Å². The molecule has 1 amide bonds. The van der Waals surface area contributed by atoms with Gasteiger partial charge in [0.2, 0.25) is 5.91 Å². The van der Waals surface area contributed by atoms with Crippen LogP contribution in [-0.4, -0.2) is 23.9 Å². The van der Waals surface area contributed by atoms with Crippen molar-refractivity contribution in [1.82, 2.24) is 5.32 Å². The molecule has 1 saturated heterocycles. The first-order valence-corrected chi connectivity index (χ1v) is 6.41. The number of amides is 1. The number of anilines is 1. The molecule has 0 bridgehead atoms. The zero-order chi connectivity index (χ0) is 13.8. The molecule has 2 rings (SSSR count). The largest absolute Gasteiger partial charge is 0.324 e. The molecule has 1 aliphatic rings. The van der Waals surface area contributed by atoms with Gasteiger partial charge in [0.25, 0.3) is 5.69 Å². The predicted octanol–water partition coefficient (Wildman–Crippen LogP) is 2.19. The van der Waals surface area contributed by atoms with Gasteiger partial charge in [-0.05, 0) is 25.5 Å². The van der Waals surface area contributed by atoms with Gasteiger partial charge in [-0.15, -0.1) is 0 Å². The van der Waals surface area contributed by atoms with Crippen molar-refractivity contribution in [3.05, 3.63) is 33.3 Å². The first-order chi connectivity index (χ1) is 9.08. The Balaban J connectivity index is 2.11. The van der Waals surface area contributed by atoms with E-state index in [2.05, 4.69) is 10.6 Å². The highest BCUT2D eigenvalue weighted by Gasteiger charge is 2.22. The average molecular weight is 284 g/mol. The number of hydrogen-bond donors (Lipinski definition) is 2. The summed E-state index contributed by atoms with van der Waals surface area (Å²) in [6.07, 6.45) is 1.76. The van der Waals surface area contributed by atoms with Crippen LogP contribution in [0.15, 0.2) is 18.2 Å². The molecule has 6 nitrogen and oxygen atoms in total. The molecule has 19 heavy (non-hydrogen) atoms. The molecule has 1 atom stereocenters. The number of nitro benzene ring substituents is 1. The van der Waals surface area contributed by atoms with E-state index in [0.717, 1.165) is 19.4 Å². The lowest BCUT2D eigenvalue weighted by atomic mass is 9.99. The van der Waals surface area contributed by atoms with Crippen molar-refractivity contribution in [2.75, 3.05) is 18.4 Å². The number of nitrogens with zero attached hydrogens (tertiary/aromatic N) is 1. The van der Waals surface area contributed by atoms with E-state index in [1.807, 2.05) is 0 Å². The summed E-state index contributed by atoms with van der Waals surface area (Å²) in [4.78, 5) is 22.2. The summed E-state index contributed by atoms with van der Waals surface area (Å²) in [5.74, 6) is -0.279. The second-order valence-corrected chi connectivity index (χ2v) is 4.86. The van der Waals surface area contributed by atoms with Crippen LogP contribution in [0, 0.1) is 16.0 Å². The Morgan fingerprint density at radius 2 is 2.32 bits per heavy atom. The molecule has 0 spiro atoms. The van der Waals surface area contributed by atoms with Gasteiger partial charge in [-0.2, -0.15) is 0 Å². The standard InChI is InChI=1S/C12H14ClN3O3/c13-10-4-3-9(16(18)19)6-11(10)15-12(17)8-2-1-5-14-7-8/h3-4,6,8,14H,1-2,5,7H2,(H,15,17)/t8-/m0/s1. The van der Waals surface area contributed by atoms with E-state index in [9.17, 15) is 14.9 Å². The maximum absolute atomic E-state index is 12.0. The highest BCUT2D eigenvalue weighted by atomic mass is 35.5. The number of halogens is 1. The Kier molecular flexibility index (Phi) is 4.34. The van der Waals surface area contributed by atoms with Crippen LogP contribution in [0.3, 0.4) is 0 Å². The lowest BCUT2D eigenvalue weighted by Gasteiger charge is -2.22. The van der Waals surface area contributed by atoms with E-state index < -0.39 is 4.92 Å². The molecule has 1 aliphatic heterocycles. The molecule has 102 valence electrons. The Bertz CT molecular complexity index is 501. The van der Waals surface area contributed by atoms with Crippen LogP contribution in [0.1, 0.15) is 12.8 Å². The van der Waals surface area contributed by atoms with Crippen LogP contribution in [-0.2, 0) is 4.79 Å². The molecule has 7 heteroatoms. The summed E-state index contributed by atoms with van der Waals surface area (Å²) in [5.41, 5.74) is 0.188. The normalized spacial score (nSPS) is 18.9. The zero-order valence-electron chi connectivity index (χ0n) is 10.2. The van der Waals surface area contributed by atoms with Crippen LogP contribution in [0.2, 0.25) is 5.02 Å². The van der Waals surface area contributed by atoms with Crippen molar-refractivity contribution in [2.24, 2.45) is 5.92 Å². The number of hydrogen-bond acceptors (Lipinski definition) is 4. The highest BCUT2D eigenvalue weighted by Crippen LogP contribution is 2.27. The monoisotopic (exact) mass is 283 g/mol. The maximum atomic E-state index is 12.0. The quantitative estimate of drug-likeness (QED) is 0.658. The first kappa shape index (κ1) is 13.8. The van der Waals surface area contributed by atoms with Gasteiger partial charge in [-0.1, -0.05) is 11.6 Å². The summed E-state index contributed by atoms with van der Waals surface area (Å²) >= 11 is 5.93. The van der Waals surface area contributed by atoms with E-state index in [1.165, 1.54) is 18.2 Å². The van der Waals surface area contributed by atoms with Gasteiger partial charge in [0, 0.05) is 18.7 Å². The van der Waals surface area contributed by atoms with Gasteiger partial charge in [-0.25, -0.2) is 0 Å². The number of nitrogens with one attached hydrogen (secondary N) is 2. The highest BCUT2D eigenvalue weighted by molar-refractivity contribution is 6.33. The topological polar surface area (TPSA) is 84.3 Å². The Morgan fingerprint density at radius 1 is 1.53 bits per heavy atom. The molecule has 1 heterocycles. The van der Waals surface area contributed by atoms with Crippen molar-refractivity contribution < 1.29 is 9.72 Å². The van der Waals surface area contributed by atoms with Crippen molar-refractivity contribution in [1.29, 1.82) is 0 Å². The van der Waals surface area contributed by atoms with Gasteiger partial charge in [0.15, 0.2) is 0 Å². The number of non-ortho nitro benzene ring substituents is 1. The van der Waals surface area contributed by atoms with Crippen LogP contribution < -0.4 is 10.6 Å². The summed E-state index contributed by atoms with van der Waals surface area (Å²) in [6, 6.07) is 3.99. The van der Waals surface area contributed by atoms with Gasteiger partial charge < -0.3 is 10.6 Å². The molecular weight excluding hydrogens is 270 g/mol. The second kappa shape index (κ2) is 5.99. The summed E-state index contributed by atoms with van der Waals surface area (Å²) in [7, 11) is 0. The van der Waals surface area contributed by atoms with E-state index in [0.29, 0.717) is 11.6 Å². The average Bonchev–Trinajstić information content (AvgIpc) is 2.42. The summed E-state index contributed by atoms with van der Waals surface area (Å²) in [5, 5.41) is 16.8. The molecule has 1 aromatic carbocycles.